The number of carbonyl (C=O) groups is 3. The third-order valence-corrected chi connectivity index (χ3v) is 6.03. The molecule has 0 aliphatic heterocycles. The summed E-state index contributed by atoms with van der Waals surface area (Å²) < 4.78 is 52.4. The normalized spacial score (nSPS) is 15.7. The van der Waals surface area contributed by atoms with Gasteiger partial charge in [0, 0.05) is 19.0 Å². The highest BCUT2D eigenvalue weighted by Crippen LogP contribution is 2.42. The number of thiophene rings is 1. The van der Waals surface area contributed by atoms with Gasteiger partial charge in [-0.2, -0.15) is 13.2 Å². The average Bonchev–Trinajstić information content (AvgIpc) is 2.86. The van der Waals surface area contributed by atoms with Crippen LogP contribution in [0.15, 0.2) is 0 Å². The second-order valence-electron chi connectivity index (χ2n) is 7.18. The minimum atomic E-state index is -5.29. The van der Waals surface area contributed by atoms with E-state index in [0.29, 0.717) is 18.4 Å². The summed E-state index contributed by atoms with van der Waals surface area (Å²) in [7, 11) is 3.59. The Morgan fingerprint density at radius 3 is 2.32 bits per heavy atom. The Balaban J connectivity index is 2.67. The standard InChI is InChI=1S/C19H26F3N3O5S/c1-5-30-16(27)18(19(20,21)22,24-17(28)25(2)3)23-14-13(15(26)29-4)11-9-7-6-8-10-12(11)31-14/h23H,5-10H2,1-4H3,(H,24,28)/t18-/m1/s1. The van der Waals surface area contributed by atoms with Gasteiger partial charge in [-0.3, -0.25) is 5.32 Å². The van der Waals surface area contributed by atoms with E-state index < -0.39 is 29.8 Å². The largest absolute Gasteiger partial charge is 0.465 e. The fourth-order valence-electron chi connectivity index (χ4n) is 3.22. The number of aryl methyl sites for hydroxylation is 1. The van der Waals surface area contributed by atoms with Crippen molar-refractivity contribution in [1.29, 1.82) is 0 Å². The Hall–Kier alpha value is -2.50. The summed E-state index contributed by atoms with van der Waals surface area (Å²) in [5.74, 6) is -2.56. The zero-order chi connectivity index (χ0) is 23.4. The number of fused-ring (bicyclic) bond motifs is 1. The van der Waals surface area contributed by atoms with Crippen LogP contribution in [-0.2, 0) is 27.1 Å². The Morgan fingerprint density at radius 1 is 1.13 bits per heavy atom. The number of rotatable bonds is 6. The molecule has 174 valence electrons. The minimum Gasteiger partial charge on any atom is -0.465 e. The van der Waals surface area contributed by atoms with Gasteiger partial charge in [0.25, 0.3) is 0 Å². The maximum Gasteiger partial charge on any atom is 0.442 e. The molecule has 31 heavy (non-hydrogen) atoms. The summed E-state index contributed by atoms with van der Waals surface area (Å²) >= 11 is 0.948. The SMILES string of the molecule is CCOC(=O)[C@](NC(=O)N(C)C)(Nc1sc2c(c1C(=O)OC)CCCCC2)C(F)(F)F. The van der Waals surface area contributed by atoms with Crippen LogP contribution in [0.1, 0.15) is 47.0 Å². The van der Waals surface area contributed by atoms with Crippen LogP contribution >= 0.6 is 11.3 Å². The summed E-state index contributed by atoms with van der Waals surface area (Å²) in [5.41, 5.74) is -3.05. The van der Waals surface area contributed by atoms with Gasteiger partial charge in [-0.25, -0.2) is 14.4 Å². The van der Waals surface area contributed by atoms with Crippen LogP contribution in [0.5, 0.6) is 0 Å². The lowest BCUT2D eigenvalue weighted by atomic mass is 10.0. The third-order valence-electron chi connectivity index (χ3n) is 4.82. The minimum absolute atomic E-state index is 0.0542. The van der Waals surface area contributed by atoms with Gasteiger partial charge in [0.05, 0.1) is 19.3 Å². The number of halogens is 3. The van der Waals surface area contributed by atoms with E-state index in [0.717, 1.165) is 47.5 Å². The molecule has 1 aliphatic rings. The van der Waals surface area contributed by atoms with E-state index in [4.69, 9.17) is 4.74 Å². The van der Waals surface area contributed by atoms with Crippen LogP contribution in [0.3, 0.4) is 0 Å². The number of nitrogens with zero attached hydrogens (tertiary/aromatic N) is 1. The average molecular weight is 465 g/mol. The Morgan fingerprint density at radius 2 is 1.77 bits per heavy atom. The maximum atomic E-state index is 14.3. The highest BCUT2D eigenvalue weighted by Gasteiger charge is 2.64. The van der Waals surface area contributed by atoms with Crippen molar-refractivity contribution < 1.29 is 37.0 Å². The molecule has 0 saturated carbocycles. The first kappa shape index (κ1) is 24.8. The first-order chi connectivity index (χ1) is 14.5. The lowest BCUT2D eigenvalue weighted by Gasteiger charge is -2.35. The lowest BCUT2D eigenvalue weighted by molar-refractivity contribution is -0.204. The topological polar surface area (TPSA) is 97.0 Å². The van der Waals surface area contributed by atoms with Crippen molar-refractivity contribution in [3.63, 3.8) is 0 Å². The molecular weight excluding hydrogens is 439 g/mol. The highest BCUT2D eigenvalue weighted by atomic mass is 32.1. The van der Waals surface area contributed by atoms with Gasteiger partial charge in [-0.15, -0.1) is 11.3 Å². The molecule has 12 heteroatoms. The summed E-state index contributed by atoms with van der Waals surface area (Å²) in [5, 5.41) is 3.63. The van der Waals surface area contributed by atoms with Gasteiger partial charge >= 0.3 is 29.8 Å². The second kappa shape index (κ2) is 9.75. The number of hydrogen-bond donors (Lipinski definition) is 2. The highest BCUT2D eigenvalue weighted by molar-refractivity contribution is 7.16. The molecule has 2 N–H and O–H groups in total. The molecule has 8 nitrogen and oxygen atoms in total. The number of hydrogen-bond acceptors (Lipinski definition) is 7. The smallest absolute Gasteiger partial charge is 0.442 e. The van der Waals surface area contributed by atoms with Crippen LogP contribution in [0.2, 0.25) is 0 Å². The zero-order valence-corrected chi connectivity index (χ0v) is 18.6. The second-order valence-corrected chi connectivity index (χ2v) is 8.28. The molecule has 1 aliphatic carbocycles. The molecule has 0 aromatic carbocycles. The number of nitrogens with one attached hydrogen (secondary N) is 2. The van der Waals surface area contributed by atoms with Crippen molar-refractivity contribution in [2.75, 3.05) is 33.1 Å². The third kappa shape index (κ3) is 5.05. The Labute approximate surface area is 182 Å². The summed E-state index contributed by atoms with van der Waals surface area (Å²) in [6, 6.07) is -1.17. The number of ether oxygens (including phenoxy) is 2. The Bertz CT molecular complexity index is 840. The van der Waals surface area contributed by atoms with Gasteiger partial charge in [-0.1, -0.05) is 6.42 Å². The molecule has 0 bridgehead atoms. The van der Waals surface area contributed by atoms with Crippen LogP contribution < -0.4 is 10.6 Å². The monoisotopic (exact) mass is 465 g/mol. The molecule has 1 heterocycles. The first-order valence-corrected chi connectivity index (χ1v) is 10.5. The van der Waals surface area contributed by atoms with Gasteiger partial charge in [-0.05, 0) is 38.2 Å². The number of amides is 2. The fourth-order valence-corrected chi connectivity index (χ4v) is 4.55. The number of alkyl halides is 3. The lowest BCUT2D eigenvalue weighted by Crippen LogP contribution is -2.70. The predicted molar refractivity (Wildman–Crippen MR) is 108 cm³/mol. The van der Waals surface area contributed by atoms with E-state index in [2.05, 4.69) is 10.1 Å². The quantitative estimate of drug-likeness (QED) is 0.380. The molecule has 0 spiro atoms. The molecule has 0 saturated heterocycles. The zero-order valence-electron chi connectivity index (χ0n) is 17.8. The van der Waals surface area contributed by atoms with Gasteiger partial charge < -0.3 is 19.7 Å². The van der Waals surface area contributed by atoms with E-state index in [1.807, 2.05) is 0 Å². The number of carbonyl (C=O) groups excluding carboxylic acids is 3. The molecule has 0 radical (unpaired) electrons. The van der Waals surface area contributed by atoms with E-state index >= 15 is 0 Å². The molecule has 0 fully saturated rings. The van der Waals surface area contributed by atoms with E-state index in [1.54, 1.807) is 5.32 Å². The van der Waals surface area contributed by atoms with E-state index in [1.165, 1.54) is 21.0 Å². The number of anilines is 1. The maximum absolute atomic E-state index is 14.3. The Kier molecular flexibility index (Phi) is 7.79. The van der Waals surface area contributed by atoms with E-state index in [9.17, 15) is 27.6 Å². The fraction of sp³-hybridized carbons (Fsp3) is 0.632. The van der Waals surface area contributed by atoms with Crippen LogP contribution in [0.25, 0.3) is 0 Å². The molecule has 1 aromatic rings. The molecule has 1 atom stereocenters. The van der Waals surface area contributed by atoms with Crippen molar-refractivity contribution in [2.45, 2.75) is 50.9 Å². The van der Waals surface area contributed by atoms with Crippen molar-refractivity contribution in [3.8, 4) is 0 Å². The van der Waals surface area contributed by atoms with Gasteiger partial charge in [0.2, 0.25) is 0 Å². The summed E-state index contributed by atoms with van der Waals surface area (Å²) in [6.45, 7) is 1.00. The van der Waals surface area contributed by atoms with Crippen LogP contribution in [0.4, 0.5) is 23.0 Å². The summed E-state index contributed by atoms with van der Waals surface area (Å²) in [6.07, 6.45) is -1.67. The van der Waals surface area contributed by atoms with Crippen molar-refractivity contribution in [3.05, 3.63) is 16.0 Å². The molecule has 1 aromatic heterocycles. The first-order valence-electron chi connectivity index (χ1n) is 9.72. The van der Waals surface area contributed by atoms with Crippen molar-refractivity contribution in [2.24, 2.45) is 0 Å². The number of esters is 2. The molecule has 2 amide bonds. The molecule has 0 unspecified atom stereocenters. The van der Waals surface area contributed by atoms with Crippen molar-refractivity contribution in [1.82, 2.24) is 10.2 Å². The van der Waals surface area contributed by atoms with Crippen LogP contribution in [-0.4, -0.2) is 62.5 Å². The van der Waals surface area contributed by atoms with Crippen molar-refractivity contribution >= 4 is 34.3 Å². The summed E-state index contributed by atoms with van der Waals surface area (Å²) in [4.78, 5) is 38.9. The van der Waals surface area contributed by atoms with E-state index in [-0.39, 0.29) is 17.2 Å². The number of urea groups is 1. The van der Waals surface area contributed by atoms with Gasteiger partial charge in [0.15, 0.2) is 0 Å². The van der Waals surface area contributed by atoms with Crippen LogP contribution in [0, 0.1) is 0 Å². The van der Waals surface area contributed by atoms with Gasteiger partial charge in [0.1, 0.15) is 5.00 Å². The number of methoxy groups -OCH3 is 1. The molecule has 2 rings (SSSR count). The molecular formula is C19H26F3N3O5S. The predicted octanol–water partition coefficient (Wildman–Crippen LogP) is 3.31.